The monoisotopic (exact) mass is 181 g/mol. The zero-order valence-corrected chi connectivity index (χ0v) is 7.79. The molecule has 72 valence electrons. The Morgan fingerprint density at radius 1 is 1.38 bits per heavy atom. The number of aromatic hydroxyl groups is 1. The van der Waals surface area contributed by atoms with Crippen molar-refractivity contribution in [2.75, 3.05) is 25.6 Å². The molecule has 0 heterocycles. The molecule has 0 atom stereocenters. The molecule has 1 aromatic carbocycles. The van der Waals surface area contributed by atoms with Gasteiger partial charge in [-0.3, -0.25) is 0 Å². The predicted molar refractivity (Wildman–Crippen MR) is 53.1 cm³/mol. The van der Waals surface area contributed by atoms with E-state index >= 15 is 0 Å². The van der Waals surface area contributed by atoms with E-state index in [1.807, 2.05) is 12.1 Å². The number of anilines is 1. The Kier molecular flexibility index (Phi) is 4.12. The van der Waals surface area contributed by atoms with Crippen LogP contribution in [0.1, 0.15) is 6.42 Å². The summed E-state index contributed by atoms with van der Waals surface area (Å²) in [5, 5.41) is 12.5. The number of benzene rings is 1. The quantitative estimate of drug-likeness (QED) is 0.538. The van der Waals surface area contributed by atoms with E-state index < -0.39 is 0 Å². The maximum atomic E-state index is 9.37. The minimum Gasteiger partial charge on any atom is -0.506 e. The average molecular weight is 181 g/mol. The van der Waals surface area contributed by atoms with Crippen LogP contribution in [-0.2, 0) is 4.74 Å². The minimum absolute atomic E-state index is 0.292. The Labute approximate surface area is 78.3 Å². The molecule has 1 aromatic rings. The zero-order valence-electron chi connectivity index (χ0n) is 7.79. The first-order valence-electron chi connectivity index (χ1n) is 4.35. The molecule has 0 spiro atoms. The van der Waals surface area contributed by atoms with E-state index in [2.05, 4.69) is 5.32 Å². The Morgan fingerprint density at radius 3 is 2.85 bits per heavy atom. The third kappa shape index (κ3) is 3.34. The van der Waals surface area contributed by atoms with Crippen LogP contribution in [0, 0.1) is 0 Å². The number of ether oxygens (including phenoxy) is 1. The summed E-state index contributed by atoms with van der Waals surface area (Å²) in [5.41, 5.74) is 0.776. The second-order valence-corrected chi connectivity index (χ2v) is 2.79. The molecule has 3 heteroatoms. The number of para-hydroxylation sites is 2. The third-order valence-electron chi connectivity index (χ3n) is 1.74. The van der Waals surface area contributed by atoms with Crippen LogP contribution in [0.5, 0.6) is 5.75 Å². The lowest BCUT2D eigenvalue weighted by atomic mass is 10.3. The summed E-state index contributed by atoms with van der Waals surface area (Å²) >= 11 is 0. The van der Waals surface area contributed by atoms with E-state index in [0.717, 1.165) is 25.3 Å². The van der Waals surface area contributed by atoms with Gasteiger partial charge >= 0.3 is 0 Å². The van der Waals surface area contributed by atoms with Crippen molar-refractivity contribution in [2.24, 2.45) is 0 Å². The number of hydrogen-bond donors (Lipinski definition) is 2. The summed E-state index contributed by atoms with van der Waals surface area (Å²) in [5.74, 6) is 0.292. The maximum absolute atomic E-state index is 9.37. The number of nitrogens with one attached hydrogen (secondary N) is 1. The van der Waals surface area contributed by atoms with Gasteiger partial charge in [0.05, 0.1) is 5.69 Å². The number of methoxy groups -OCH3 is 1. The van der Waals surface area contributed by atoms with Gasteiger partial charge in [0.1, 0.15) is 5.75 Å². The van der Waals surface area contributed by atoms with Crippen molar-refractivity contribution in [2.45, 2.75) is 6.42 Å². The zero-order chi connectivity index (χ0) is 9.52. The SMILES string of the molecule is COCCCNc1ccccc1O. The lowest BCUT2D eigenvalue weighted by Crippen LogP contribution is -2.04. The lowest BCUT2D eigenvalue weighted by Gasteiger charge is -2.06. The van der Waals surface area contributed by atoms with E-state index in [0.29, 0.717) is 5.75 Å². The smallest absolute Gasteiger partial charge is 0.138 e. The first-order chi connectivity index (χ1) is 6.34. The molecule has 0 bridgehead atoms. The fourth-order valence-corrected chi connectivity index (χ4v) is 1.06. The van der Waals surface area contributed by atoms with Gasteiger partial charge in [-0.25, -0.2) is 0 Å². The Morgan fingerprint density at radius 2 is 2.15 bits per heavy atom. The number of rotatable bonds is 5. The van der Waals surface area contributed by atoms with Crippen LogP contribution in [-0.4, -0.2) is 25.4 Å². The van der Waals surface area contributed by atoms with Crippen molar-refractivity contribution >= 4 is 5.69 Å². The summed E-state index contributed by atoms with van der Waals surface area (Å²) < 4.78 is 4.91. The first kappa shape index (κ1) is 9.86. The maximum Gasteiger partial charge on any atom is 0.138 e. The van der Waals surface area contributed by atoms with Gasteiger partial charge in [0.25, 0.3) is 0 Å². The fourth-order valence-electron chi connectivity index (χ4n) is 1.06. The minimum atomic E-state index is 0.292. The van der Waals surface area contributed by atoms with Gasteiger partial charge in [-0.2, -0.15) is 0 Å². The van der Waals surface area contributed by atoms with Crippen molar-refractivity contribution in [1.82, 2.24) is 0 Å². The molecule has 0 amide bonds. The summed E-state index contributed by atoms with van der Waals surface area (Å²) in [6.45, 7) is 1.55. The Bertz CT molecular complexity index is 250. The predicted octanol–water partition coefficient (Wildman–Crippen LogP) is 1.84. The largest absolute Gasteiger partial charge is 0.506 e. The molecule has 0 fully saturated rings. The van der Waals surface area contributed by atoms with Gasteiger partial charge in [-0.1, -0.05) is 12.1 Å². The molecular formula is C10H15NO2. The number of phenolic OH excluding ortho intramolecular Hbond substituents is 1. The molecule has 0 saturated heterocycles. The molecular weight excluding hydrogens is 166 g/mol. The van der Waals surface area contributed by atoms with Crippen LogP contribution >= 0.6 is 0 Å². The molecule has 3 nitrogen and oxygen atoms in total. The molecule has 0 aromatic heterocycles. The van der Waals surface area contributed by atoms with Crippen LogP contribution < -0.4 is 5.32 Å². The van der Waals surface area contributed by atoms with Crippen molar-refractivity contribution < 1.29 is 9.84 Å². The second-order valence-electron chi connectivity index (χ2n) is 2.79. The fraction of sp³-hybridized carbons (Fsp3) is 0.400. The molecule has 0 saturated carbocycles. The number of phenols is 1. The highest BCUT2D eigenvalue weighted by Gasteiger charge is 1.96. The summed E-state index contributed by atoms with van der Waals surface area (Å²) in [6, 6.07) is 7.20. The third-order valence-corrected chi connectivity index (χ3v) is 1.74. The van der Waals surface area contributed by atoms with Gasteiger partial charge in [-0.15, -0.1) is 0 Å². The first-order valence-corrected chi connectivity index (χ1v) is 4.35. The van der Waals surface area contributed by atoms with Gasteiger partial charge in [0.2, 0.25) is 0 Å². The highest BCUT2D eigenvalue weighted by atomic mass is 16.5. The second kappa shape index (κ2) is 5.43. The van der Waals surface area contributed by atoms with Crippen LogP contribution in [0.3, 0.4) is 0 Å². The molecule has 13 heavy (non-hydrogen) atoms. The molecule has 1 rings (SSSR count). The summed E-state index contributed by atoms with van der Waals surface area (Å²) in [7, 11) is 1.68. The molecule has 2 N–H and O–H groups in total. The molecule has 0 unspecified atom stereocenters. The van der Waals surface area contributed by atoms with Crippen molar-refractivity contribution in [3.63, 3.8) is 0 Å². The highest BCUT2D eigenvalue weighted by Crippen LogP contribution is 2.20. The van der Waals surface area contributed by atoms with Crippen molar-refractivity contribution in [1.29, 1.82) is 0 Å². The van der Waals surface area contributed by atoms with E-state index in [4.69, 9.17) is 4.74 Å². The summed E-state index contributed by atoms with van der Waals surface area (Å²) in [6.07, 6.45) is 0.935. The van der Waals surface area contributed by atoms with E-state index in [1.165, 1.54) is 0 Å². The van der Waals surface area contributed by atoms with E-state index in [9.17, 15) is 5.11 Å². The van der Waals surface area contributed by atoms with E-state index in [-0.39, 0.29) is 0 Å². The molecule has 0 aliphatic rings. The van der Waals surface area contributed by atoms with Crippen LogP contribution in [0.25, 0.3) is 0 Å². The molecule has 0 aliphatic heterocycles. The molecule has 0 radical (unpaired) electrons. The highest BCUT2D eigenvalue weighted by molar-refractivity contribution is 5.54. The van der Waals surface area contributed by atoms with Crippen LogP contribution in [0.4, 0.5) is 5.69 Å². The van der Waals surface area contributed by atoms with Gasteiger partial charge in [0, 0.05) is 20.3 Å². The Hall–Kier alpha value is -1.22. The lowest BCUT2D eigenvalue weighted by molar-refractivity contribution is 0.197. The number of hydrogen-bond acceptors (Lipinski definition) is 3. The topological polar surface area (TPSA) is 41.5 Å². The van der Waals surface area contributed by atoms with Crippen molar-refractivity contribution in [3.05, 3.63) is 24.3 Å². The Balaban J connectivity index is 2.32. The van der Waals surface area contributed by atoms with Gasteiger partial charge in [-0.05, 0) is 18.6 Å². The van der Waals surface area contributed by atoms with E-state index in [1.54, 1.807) is 19.2 Å². The summed E-state index contributed by atoms with van der Waals surface area (Å²) in [4.78, 5) is 0. The van der Waals surface area contributed by atoms with Gasteiger partial charge < -0.3 is 15.2 Å². The van der Waals surface area contributed by atoms with Crippen LogP contribution in [0.15, 0.2) is 24.3 Å². The standard InChI is InChI=1S/C10H15NO2/c1-13-8-4-7-11-9-5-2-3-6-10(9)12/h2-3,5-6,11-12H,4,7-8H2,1H3. The van der Waals surface area contributed by atoms with Crippen LogP contribution in [0.2, 0.25) is 0 Å². The average Bonchev–Trinajstić information content (AvgIpc) is 2.15. The normalized spacial score (nSPS) is 9.92. The molecule has 0 aliphatic carbocycles. The van der Waals surface area contributed by atoms with Gasteiger partial charge in [0.15, 0.2) is 0 Å². The van der Waals surface area contributed by atoms with Crippen molar-refractivity contribution in [3.8, 4) is 5.75 Å².